The summed E-state index contributed by atoms with van der Waals surface area (Å²) in [4.78, 5) is 23.0. The summed E-state index contributed by atoms with van der Waals surface area (Å²) in [5.41, 5.74) is 3.02. The van der Waals surface area contributed by atoms with E-state index >= 15 is 0 Å². The van der Waals surface area contributed by atoms with Crippen molar-refractivity contribution in [3.63, 3.8) is 0 Å². The molecular formula is C17H19N3O2. The number of carbonyl (C=O) groups excluding carboxylic acids is 1. The van der Waals surface area contributed by atoms with Crippen LogP contribution in [0.4, 0.5) is 0 Å². The van der Waals surface area contributed by atoms with E-state index in [1.807, 2.05) is 36.1 Å². The average molecular weight is 297 g/mol. The van der Waals surface area contributed by atoms with Gasteiger partial charge in [0.05, 0.1) is 25.3 Å². The first-order chi connectivity index (χ1) is 10.7. The van der Waals surface area contributed by atoms with E-state index in [1.165, 1.54) is 6.33 Å². The number of nitrogens with zero attached hydrogens (tertiary/aromatic N) is 3. The van der Waals surface area contributed by atoms with Gasteiger partial charge in [-0.2, -0.15) is 0 Å². The maximum Gasteiger partial charge on any atom is 0.230 e. The van der Waals surface area contributed by atoms with Crippen molar-refractivity contribution < 1.29 is 9.53 Å². The number of benzene rings is 1. The second-order valence-electron chi connectivity index (χ2n) is 5.42. The molecule has 1 aliphatic rings. The van der Waals surface area contributed by atoms with Crippen LogP contribution in [-0.2, 0) is 17.9 Å². The molecule has 5 nitrogen and oxygen atoms in total. The minimum Gasteiger partial charge on any atom is -0.497 e. The van der Waals surface area contributed by atoms with Crippen LogP contribution in [0.2, 0.25) is 0 Å². The first-order valence-electron chi connectivity index (χ1n) is 7.43. The van der Waals surface area contributed by atoms with E-state index < -0.39 is 0 Å². The fourth-order valence-electron chi connectivity index (χ4n) is 2.87. The SMILES string of the molecule is CC[C@@H](C(=O)N1Cc2cncnc2C1)c1ccc(OC)cc1. The average Bonchev–Trinajstić information content (AvgIpc) is 3.00. The Bertz CT molecular complexity index is 645. The predicted octanol–water partition coefficient (Wildman–Crippen LogP) is 2.52. The van der Waals surface area contributed by atoms with Gasteiger partial charge in [0.1, 0.15) is 12.1 Å². The summed E-state index contributed by atoms with van der Waals surface area (Å²) < 4.78 is 5.17. The van der Waals surface area contributed by atoms with Crippen LogP contribution in [0.25, 0.3) is 0 Å². The molecule has 0 saturated heterocycles. The molecule has 0 bridgehead atoms. The number of aromatic nitrogens is 2. The van der Waals surface area contributed by atoms with Gasteiger partial charge in [-0.1, -0.05) is 19.1 Å². The van der Waals surface area contributed by atoms with E-state index in [1.54, 1.807) is 13.3 Å². The highest BCUT2D eigenvalue weighted by Gasteiger charge is 2.29. The van der Waals surface area contributed by atoms with Crippen LogP contribution in [0.1, 0.15) is 36.1 Å². The van der Waals surface area contributed by atoms with Crippen LogP contribution in [0, 0.1) is 0 Å². The van der Waals surface area contributed by atoms with Crippen molar-refractivity contribution in [1.82, 2.24) is 14.9 Å². The number of hydrogen-bond acceptors (Lipinski definition) is 4. The molecule has 1 aliphatic heterocycles. The van der Waals surface area contributed by atoms with Crippen LogP contribution in [-0.4, -0.2) is 27.9 Å². The molecule has 2 aromatic rings. The number of fused-ring (bicyclic) bond motifs is 1. The molecule has 0 spiro atoms. The van der Waals surface area contributed by atoms with Crippen molar-refractivity contribution in [1.29, 1.82) is 0 Å². The van der Waals surface area contributed by atoms with Gasteiger partial charge >= 0.3 is 0 Å². The lowest BCUT2D eigenvalue weighted by molar-refractivity contribution is -0.133. The normalized spacial score (nSPS) is 14.5. The van der Waals surface area contributed by atoms with Crippen LogP contribution < -0.4 is 4.74 Å². The lowest BCUT2D eigenvalue weighted by atomic mass is 9.95. The van der Waals surface area contributed by atoms with Crippen LogP contribution in [0.3, 0.4) is 0 Å². The number of methoxy groups -OCH3 is 1. The largest absolute Gasteiger partial charge is 0.497 e. The van der Waals surface area contributed by atoms with Gasteiger partial charge in [0.2, 0.25) is 5.91 Å². The second-order valence-corrected chi connectivity index (χ2v) is 5.42. The zero-order chi connectivity index (χ0) is 15.5. The Hall–Kier alpha value is -2.43. The predicted molar refractivity (Wildman–Crippen MR) is 82.3 cm³/mol. The molecule has 1 amide bonds. The van der Waals surface area contributed by atoms with E-state index in [4.69, 9.17) is 4.74 Å². The van der Waals surface area contributed by atoms with E-state index in [-0.39, 0.29) is 11.8 Å². The zero-order valence-electron chi connectivity index (χ0n) is 12.8. The summed E-state index contributed by atoms with van der Waals surface area (Å²) in [5.74, 6) is 0.814. The van der Waals surface area contributed by atoms with Crippen molar-refractivity contribution in [3.8, 4) is 5.75 Å². The van der Waals surface area contributed by atoms with Crippen LogP contribution in [0.15, 0.2) is 36.8 Å². The maximum atomic E-state index is 12.8. The summed E-state index contributed by atoms with van der Waals surface area (Å²) in [5, 5.41) is 0. The molecular weight excluding hydrogens is 278 g/mol. The molecule has 0 radical (unpaired) electrons. The van der Waals surface area contributed by atoms with Crippen molar-refractivity contribution in [2.24, 2.45) is 0 Å². The lowest BCUT2D eigenvalue weighted by Crippen LogP contribution is -2.30. The van der Waals surface area contributed by atoms with E-state index in [0.717, 1.165) is 29.0 Å². The summed E-state index contributed by atoms with van der Waals surface area (Å²) in [6.07, 6.45) is 4.10. The van der Waals surface area contributed by atoms with E-state index in [0.29, 0.717) is 13.1 Å². The first-order valence-corrected chi connectivity index (χ1v) is 7.43. The summed E-state index contributed by atoms with van der Waals surface area (Å²) in [7, 11) is 1.64. The standard InChI is InChI=1S/C17H19N3O2/c1-3-15(12-4-6-14(22-2)7-5-12)17(21)20-9-13-8-18-11-19-16(13)10-20/h4-8,11,15H,3,9-10H2,1-2H3/t15-/m1/s1. The Balaban J connectivity index is 1.78. The van der Waals surface area contributed by atoms with Gasteiger partial charge in [-0.15, -0.1) is 0 Å². The van der Waals surface area contributed by atoms with Crippen molar-refractivity contribution in [2.45, 2.75) is 32.4 Å². The highest BCUT2D eigenvalue weighted by atomic mass is 16.5. The van der Waals surface area contributed by atoms with Gasteiger partial charge < -0.3 is 9.64 Å². The Labute approximate surface area is 130 Å². The summed E-state index contributed by atoms with van der Waals surface area (Å²) >= 11 is 0. The molecule has 0 aliphatic carbocycles. The number of ether oxygens (including phenoxy) is 1. The Kier molecular flexibility index (Phi) is 4.04. The highest BCUT2D eigenvalue weighted by molar-refractivity contribution is 5.84. The topological polar surface area (TPSA) is 55.3 Å². The van der Waals surface area contributed by atoms with Gasteiger partial charge in [0.15, 0.2) is 0 Å². The molecule has 3 rings (SSSR count). The lowest BCUT2D eigenvalue weighted by Gasteiger charge is -2.22. The Morgan fingerprint density at radius 2 is 2.09 bits per heavy atom. The zero-order valence-corrected chi connectivity index (χ0v) is 12.8. The van der Waals surface area contributed by atoms with Crippen molar-refractivity contribution >= 4 is 5.91 Å². The van der Waals surface area contributed by atoms with Crippen molar-refractivity contribution in [3.05, 3.63) is 53.6 Å². The smallest absolute Gasteiger partial charge is 0.230 e. The van der Waals surface area contributed by atoms with Gasteiger partial charge in [-0.05, 0) is 24.1 Å². The first kappa shape index (κ1) is 14.5. The minimum atomic E-state index is -0.131. The third-order valence-corrected chi connectivity index (χ3v) is 4.12. The minimum absolute atomic E-state index is 0.131. The fourth-order valence-corrected chi connectivity index (χ4v) is 2.87. The molecule has 1 aromatic carbocycles. The van der Waals surface area contributed by atoms with Gasteiger partial charge in [0, 0.05) is 18.3 Å². The number of amides is 1. The molecule has 0 N–H and O–H groups in total. The van der Waals surface area contributed by atoms with E-state index in [2.05, 4.69) is 9.97 Å². The van der Waals surface area contributed by atoms with Crippen LogP contribution >= 0.6 is 0 Å². The Morgan fingerprint density at radius 3 is 2.73 bits per heavy atom. The molecule has 5 heteroatoms. The molecule has 0 unspecified atom stereocenters. The molecule has 22 heavy (non-hydrogen) atoms. The van der Waals surface area contributed by atoms with E-state index in [9.17, 15) is 4.79 Å². The highest BCUT2D eigenvalue weighted by Crippen LogP contribution is 2.28. The second kappa shape index (κ2) is 6.13. The quantitative estimate of drug-likeness (QED) is 0.870. The van der Waals surface area contributed by atoms with Crippen LogP contribution in [0.5, 0.6) is 5.75 Å². The number of rotatable bonds is 4. The molecule has 0 fully saturated rings. The van der Waals surface area contributed by atoms with Gasteiger partial charge in [-0.25, -0.2) is 9.97 Å². The summed E-state index contributed by atoms with van der Waals surface area (Å²) in [6.45, 7) is 3.21. The maximum absolute atomic E-state index is 12.8. The molecule has 1 aromatic heterocycles. The Morgan fingerprint density at radius 1 is 1.32 bits per heavy atom. The third kappa shape index (κ3) is 2.66. The number of carbonyl (C=O) groups is 1. The third-order valence-electron chi connectivity index (χ3n) is 4.12. The molecule has 2 heterocycles. The fraction of sp³-hybridized carbons (Fsp3) is 0.353. The number of hydrogen-bond donors (Lipinski definition) is 0. The molecule has 0 saturated carbocycles. The van der Waals surface area contributed by atoms with Gasteiger partial charge in [0.25, 0.3) is 0 Å². The molecule has 114 valence electrons. The monoisotopic (exact) mass is 297 g/mol. The van der Waals surface area contributed by atoms with Crippen molar-refractivity contribution in [2.75, 3.05) is 7.11 Å². The molecule has 1 atom stereocenters. The van der Waals surface area contributed by atoms with Gasteiger partial charge in [-0.3, -0.25) is 4.79 Å². The summed E-state index contributed by atoms with van der Waals surface area (Å²) in [6, 6.07) is 7.73.